The fourth-order valence-corrected chi connectivity index (χ4v) is 3.23. The van der Waals surface area contributed by atoms with Crippen LogP contribution in [0, 0.1) is 6.92 Å². The quantitative estimate of drug-likeness (QED) is 0.542. The molecule has 0 unspecified atom stereocenters. The van der Waals surface area contributed by atoms with Gasteiger partial charge in [0, 0.05) is 23.7 Å². The molecule has 5 nitrogen and oxygen atoms in total. The molecule has 0 radical (unpaired) electrons. The highest BCUT2D eigenvalue weighted by Gasteiger charge is 2.13. The summed E-state index contributed by atoms with van der Waals surface area (Å²) < 4.78 is 7.99. The first-order valence-corrected chi connectivity index (χ1v) is 8.91. The third kappa shape index (κ3) is 3.62. The molecule has 2 aromatic heterocycles. The van der Waals surface area contributed by atoms with E-state index in [-0.39, 0.29) is 6.42 Å². The highest BCUT2D eigenvalue weighted by atomic mass is 16.4. The molecule has 4 aromatic rings. The Labute approximate surface area is 156 Å². The van der Waals surface area contributed by atoms with Gasteiger partial charge in [-0.25, -0.2) is 4.98 Å². The number of nitrogens with zero attached hydrogens (tertiary/aromatic N) is 2. The Morgan fingerprint density at radius 1 is 1.15 bits per heavy atom. The fraction of sp³-hybridized carbons (Fsp3) is 0.182. The van der Waals surface area contributed by atoms with Gasteiger partial charge in [-0.05, 0) is 54.6 Å². The van der Waals surface area contributed by atoms with Crippen molar-refractivity contribution in [1.29, 1.82) is 0 Å². The van der Waals surface area contributed by atoms with E-state index in [1.807, 2.05) is 61.7 Å². The Hall–Kier alpha value is -3.34. The summed E-state index contributed by atoms with van der Waals surface area (Å²) in [5.41, 5.74) is 4.00. The van der Waals surface area contributed by atoms with Gasteiger partial charge in [0.15, 0.2) is 0 Å². The van der Waals surface area contributed by atoms with E-state index in [0.29, 0.717) is 18.9 Å². The maximum absolute atomic E-state index is 10.8. The molecule has 0 aliphatic rings. The van der Waals surface area contributed by atoms with E-state index in [0.717, 1.165) is 33.5 Å². The van der Waals surface area contributed by atoms with Gasteiger partial charge in [0.1, 0.15) is 11.5 Å². The number of aryl methyl sites for hydroxylation is 2. The zero-order chi connectivity index (χ0) is 18.8. The summed E-state index contributed by atoms with van der Waals surface area (Å²) >= 11 is 0. The Morgan fingerprint density at radius 2 is 1.96 bits per heavy atom. The van der Waals surface area contributed by atoms with E-state index in [1.54, 1.807) is 0 Å². The second-order valence-electron chi connectivity index (χ2n) is 6.62. The molecule has 5 heteroatoms. The number of carboxylic acid groups (broad SMARTS) is 1. The van der Waals surface area contributed by atoms with E-state index >= 15 is 0 Å². The lowest BCUT2D eigenvalue weighted by Crippen LogP contribution is -2.00. The predicted octanol–water partition coefficient (Wildman–Crippen LogP) is 4.67. The van der Waals surface area contributed by atoms with Gasteiger partial charge >= 0.3 is 5.97 Å². The van der Waals surface area contributed by atoms with Crippen LogP contribution in [-0.4, -0.2) is 20.6 Å². The van der Waals surface area contributed by atoms with E-state index in [9.17, 15) is 4.79 Å². The molecule has 27 heavy (non-hydrogen) atoms. The average molecular weight is 360 g/mol. The lowest BCUT2D eigenvalue weighted by atomic mass is 10.1. The first-order chi connectivity index (χ1) is 13.1. The second kappa shape index (κ2) is 7.11. The number of oxazole rings is 1. The molecule has 0 fully saturated rings. The van der Waals surface area contributed by atoms with Crippen molar-refractivity contribution in [3.8, 4) is 11.5 Å². The monoisotopic (exact) mass is 360 g/mol. The number of fused-ring (bicyclic) bond motifs is 1. The molecule has 0 saturated heterocycles. The summed E-state index contributed by atoms with van der Waals surface area (Å²) in [5, 5.41) is 9.95. The van der Waals surface area contributed by atoms with Crippen LogP contribution in [0.4, 0.5) is 0 Å². The SMILES string of the molecule is Cc1oc(-c2ccccc2)nc1Cn1ccc2cc(CCC(=O)O)ccc21. The molecule has 1 N–H and O–H groups in total. The summed E-state index contributed by atoms with van der Waals surface area (Å²) in [4.78, 5) is 15.4. The van der Waals surface area contributed by atoms with E-state index in [4.69, 9.17) is 9.52 Å². The summed E-state index contributed by atoms with van der Waals surface area (Å²) in [6.45, 7) is 2.56. The van der Waals surface area contributed by atoms with Gasteiger partial charge in [0.2, 0.25) is 5.89 Å². The summed E-state index contributed by atoms with van der Waals surface area (Å²) in [7, 11) is 0. The molecule has 0 amide bonds. The lowest BCUT2D eigenvalue weighted by molar-refractivity contribution is -0.136. The van der Waals surface area contributed by atoms with Gasteiger partial charge in [-0.15, -0.1) is 0 Å². The smallest absolute Gasteiger partial charge is 0.303 e. The molecular formula is C22H20N2O3. The summed E-state index contributed by atoms with van der Waals surface area (Å²) in [6, 6.07) is 18.0. The van der Waals surface area contributed by atoms with Crippen LogP contribution in [0.5, 0.6) is 0 Å². The minimum absolute atomic E-state index is 0.145. The van der Waals surface area contributed by atoms with Gasteiger partial charge < -0.3 is 14.1 Å². The first kappa shape index (κ1) is 17.1. The number of aromatic nitrogens is 2. The van der Waals surface area contributed by atoms with E-state index in [1.165, 1.54) is 0 Å². The van der Waals surface area contributed by atoms with Crippen LogP contribution in [-0.2, 0) is 17.8 Å². The van der Waals surface area contributed by atoms with Crippen LogP contribution >= 0.6 is 0 Å². The molecule has 4 rings (SSSR count). The minimum atomic E-state index is -0.775. The largest absolute Gasteiger partial charge is 0.481 e. The van der Waals surface area contributed by atoms with Crippen molar-refractivity contribution in [3.63, 3.8) is 0 Å². The van der Waals surface area contributed by atoms with Crippen molar-refractivity contribution in [3.05, 3.63) is 77.8 Å². The van der Waals surface area contributed by atoms with Crippen molar-refractivity contribution in [2.45, 2.75) is 26.3 Å². The molecule has 0 aliphatic carbocycles. The van der Waals surface area contributed by atoms with Crippen LogP contribution in [0.25, 0.3) is 22.4 Å². The third-order valence-corrected chi connectivity index (χ3v) is 4.70. The van der Waals surface area contributed by atoms with E-state index < -0.39 is 5.97 Å². The number of carboxylic acids is 1. The van der Waals surface area contributed by atoms with Crippen LogP contribution in [0.2, 0.25) is 0 Å². The average Bonchev–Trinajstić information content (AvgIpc) is 3.24. The second-order valence-corrected chi connectivity index (χ2v) is 6.62. The summed E-state index contributed by atoms with van der Waals surface area (Å²) in [5.74, 6) is 0.674. The number of aliphatic carboxylic acids is 1. The summed E-state index contributed by atoms with van der Waals surface area (Å²) in [6.07, 6.45) is 2.72. The van der Waals surface area contributed by atoms with Crippen molar-refractivity contribution in [2.24, 2.45) is 0 Å². The molecule has 0 aliphatic heterocycles. The van der Waals surface area contributed by atoms with Crippen molar-refractivity contribution in [1.82, 2.24) is 9.55 Å². The predicted molar refractivity (Wildman–Crippen MR) is 104 cm³/mol. The maximum atomic E-state index is 10.8. The van der Waals surface area contributed by atoms with Crippen molar-refractivity contribution in [2.75, 3.05) is 0 Å². The Kier molecular flexibility index (Phi) is 4.50. The molecule has 0 spiro atoms. The number of carbonyl (C=O) groups is 1. The lowest BCUT2D eigenvalue weighted by Gasteiger charge is -2.05. The number of hydrogen-bond donors (Lipinski definition) is 1. The Morgan fingerprint density at radius 3 is 2.74 bits per heavy atom. The topological polar surface area (TPSA) is 68.3 Å². The molecule has 0 bridgehead atoms. The first-order valence-electron chi connectivity index (χ1n) is 8.91. The molecule has 0 atom stereocenters. The zero-order valence-electron chi connectivity index (χ0n) is 15.1. The van der Waals surface area contributed by atoms with Crippen molar-refractivity contribution < 1.29 is 14.3 Å². The Balaban J connectivity index is 1.59. The van der Waals surface area contributed by atoms with Gasteiger partial charge in [0.25, 0.3) is 0 Å². The van der Waals surface area contributed by atoms with Crippen LogP contribution in [0.3, 0.4) is 0 Å². The fourth-order valence-electron chi connectivity index (χ4n) is 3.23. The van der Waals surface area contributed by atoms with Gasteiger partial charge in [-0.1, -0.05) is 24.3 Å². The molecule has 2 aromatic carbocycles. The van der Waals surface area contributed by atoms with Gasteiger partial charge in [-0.3, -0.25) is 4.79 Å². The van der Waals surface area contributed by atoms with Crippen LogP contribution in [0.15, 0.2) is 65.2 Å². The van der Waals surface area contributed by atoms with E-state index in [2.05, 4.69) is 15.6 Å². The normalized spacial score (nSPS) is 11.1. The third-order valence-electron chi connectivity index (χ3n) is 4.70. The molecule has 136 valence electrons. The molecular weight excluding hydrogens is 340 g/mol. The standard InChI is InChI=1S/C22H20N2O3/c1-15-19(23-22(27-15)17-5-3-2-4-6-17)14-24-12-11-18-13-16(7-9-20(18)24)8-10-21(25)26/h2-7,9,11-13H,8,10,14H2,1H3,(H,25,26). The van der Waals surface area contributed by atoms with Crippen LogP contribution in [0.1, 0.15) is 23.4 Å². The highest BCUT2D eigenvalue weighted by molar-refractivity contribution is 5.81. The maximum Gasteiger partial charge on any atom is 0.303 e. The number of benzene rings is 2. The molecule has 2 heterocycles. The van der Waals surface area contributed by atoms with Crippen molar-refractivity contribution >= 4 is 16.9 Å². The van der Waals surface area contributed by atoms with Gasteiger partial charge in [0.05, 0.1) is 6.54 Å². The molecule has 0 saturated carbocycles. The number of hydrogen-bond acceptors (Lipinski definition) is 3. The zero-order valence-corrected chi connectivity index (χ0v) is 15.1. The highest BCUT2D eigenvalue weighted by Crippen LogP contribution is 2.24. The minimum Gasteiger partial charge on any atom is -0.481 e. The number of rotatable bonds is 6. The van der Waals surface area contributed by atoms with Crippen LogP contribution < -0.4 is 0 Å². The van der Waals surface area contributed by atoms with Gasteiger partial charge in [-0.2, -0.15) is 0 Å². The Bertz CT molecular complexity index is 1090.